The molecule has 1 aliphatic rings. The van der Waals surface area contributed by atoms with Gasteiger partial charge in [0, 0.05) is 24.9 Å². The zero-order valence-corrected chi connectivity index (χ0v) is 17.1. The van der Waals surface area contributed by atoms with Gasteiger partial charge >= 0.3 is 0 Å². The number of aryl methyl sites for hydroxylation is 2. The molecule has 0 aliphatic carbocycles. The first-order chi connectivity index (χ1) is 13.8. The number of benzene rings is 2. The number of hydrogen-bond donors (Lipinski definition) is 2. The van der Waals surface area contributed by atoms with Gasteiger partial charge in [-0.1, -0.05) is 29.8 Å². The summed E-state index contributed by atoms with van der Waals surface area (Å²) in [6.45, 7) is 4.25. The van der Waals surface area contributed by atoms with Crippen molar-refractivity contribution in [1.29, 1.82) is 0 Å². The van der Waals surface area contributed by atoms with Crippen LogP contribution in [-0.2, 0) is 19.6 Å². The maximum absolute atomic E-state index is 12.8. The summed E-state index contributed by atoms with van der Waals surface area (Å²) in [6, 6.07) is 12.0. The maximum Gasteiger partial charge on any atom is 0.248 e. The van der Waals surface area contributed by atoms with E-state index in [1.54, 1.807) is 18.2 Å². The summed E-state index contributed by atoms with van der Waals surface area (Å²) in [6.07, 6.45) is 3.13. The summed E-state index contributed by atoms with van der Waals surface area (Å²) in [5.41, 5.74) is 3.51. The van der Waals surface area contributed by atoms with E-state index in [9.17, 15) is 18.0 Å². The summed E-state index contributed by atoms with van der Waals surface area (Å²) in [4.78, 5) is 23.8. The number of carbonyl (C=O) groups is 2. The first-order valence-electron chi connectivity index (χ1n) is 9.19. The third-order valence-electron chi connectivity index (χ3n) is 4.58. The molecule has 0 atom stereocenters. The number of anilines is 1. The molecule has 2 amide bonds. The lowest BCUT2D eigenvalue weighted by molar-refractivity contribution is -0.122. The molecule has 0 saturated carbocycles. The van der Waals surface area contributed by atoms with Gasteiger partial charge in [-0.05, 0) is 49.2 Å². The molecule has 1 saturated heterocycles. The van der Waals surface area contributed by atoms with Gasteiger partial charge in [0.25, 0.3) is 0 Å². The molecule has 152 valence electrons. The Morgan fingerprint density at radius 1 is 1.17 bits per heavy atom. The van der Waals surface area contributed by atoms with Crippen LogP contribution in [0.5, 0.6) is 0 Å². The average Bonchev–Trinajstić information content (AvgIpc) is 2.67. The van der Waals surface area contributed by atoms with Gasteiger partial charge in [-0.2, -0.15) is 4.31 Å². The Balaban J connectivity index is 1.73. The Labute approximate surface area is 170 Å². The normalized spacial score (nSPS) is 15.3. The molecular weight excluding hydrogens is 390 g/mol. The second-order valence-electron chi connectivity index (χ2n) is 6.90. The van der Waals surface area contributed by atoms with Crippen molar-refractivity contribution in [2.75, 3.05) is 25.0 Å². The predicted molar refractivity (Wildman–Crippen MR) is 112 cm³/mol. The third-order valence-corrected chi connectivity index (χ3v) is 6.42. The van der Waals surface area contributed by atoms with Gasteiger partial charge in [0.15, 0.2) is 0 Å². The predicted octanol–water partition coefficient (Wildman–Crippen LogP) is 2.08. The summed E-state index contributed by atoms with van der Waals surface area (Å²) in [5, 5.41) is 5.28. The van der Waals surface area contributed by atoms with Crippen LogP contribution in [0.15, 0.2) is 53.4 Å². The fourth-order valence-corrected chi connectivity index (χ4v) is 4.51. The smallest absolute Gasteiger partial charge is 0.248 e. The van der Waals surface area contributed by atoms with Crippen molar-refractivity contribution in [3.05, 3.63) is 65.2 Å². The molecule has 0 unspecified atom stereocenters. The van der Waals surface area contributed by atoms with E-state index in [-0.39, 0.29) is 36.3 Å². The second-order valence-corrected chi connectivity index (χ2v) is 8.84. The van der Waals surface area contributed by atoms with E-state index >= 15 is 0 Å². The van der Waals surface area contributed by atoms with Crippen LogP contribution >= 0.6 is 0 Å². The van der Waals surface area contributed by atoms with E-state index in [1.165, 1.54) is 18.2 Å². The highest BCUT2D eigenvalue weighted by molar-refractivity contribution is 7.89. The van der Waals surface area contributed by atoms with Crippen molar-refractivity contribution in [3.63, 3.8) is 0 Å². The minimum Gasteiger partial charge on any atom is -0.354 e. The Morgan fingerprint density at radius 2 is 1.97 bits per heavy atom. The number of piperazine rings is 1. The standard InChI is InChI=1S/C21H23N3O4S/c1-15-6-7-17(16(2)12-15)8-9-20(25)23-18-4-3-5-19(13-18)29(27,28)24-11-10-22-21(26)14-24/h3-9,12-13H,10-11,14H2,1-2H3,(H,22,26)(H,23,25)/b9-8+. The van der Waals surface area contributed by atoms with Crippen LogP contribution in [0.25, 0.3) is 6.08 Å². The highest BCUT2D eigenvalue weighted by atomic mass is 32.2. The lowest BCUT2D eigenvalue weighted by Gasteiger charge is -2.26. The van der Waals surface area contributed by atoms with Gasteiger partial charge in [-0.3, -0.25) is 9.59 Å². The van der Waals surface area contributed by atoms with Gasteiger partial charge < -0.3 is 10.6 Å². The quantitative estimate of drug-likeness (QED) is 0.734. The average molecular weight is 413 g/mol. The lowest BCUT2D eigenvalue weighted by Crippen LogP contribution is -2.49. The second kappa shape index (κ2) is 8.59. The summed E-state index contributed by atoms with van der Waals surface area (Å²) in [5.74, 6) is -0.697. The van der Waals surface area contributed by atoms with Crippen LogP contribution in [0.4, 0.5) is 5.69 Å². The fourth-order valence-electron chi connectivity index (χ4n) is 3.07. The first kappa shape index (κ1) is 20.8. The summed E-state index contributed by atoms with van der Waals surface area (Å²) >= 11 is 0. The van der Waals surface area contributed by atoms with Gasteiger partial charge in [0.2, 0.25) is 21.8 Å². The van der Waals surface area contributed by atoms with E-state index in [4.69, 9.17) is 0 Å². The molecule has 1 aliphatic heterocycles. The molecule has 0 radical (unpaired) electrons. The minimum atomic E-state index is -3.82. The summed E-state index contributed by atoms with van der Waals surface area (Å²) < 4.78 is 26.7. The number of rotatable bonds is 5. The lowest BCUT2D eigenvalue weighted by atomic mass is 10.1. The van der Waals surface area contributed by atoms with Crippen LogP contribution in [0.2, 0.25) is 0 Å². The van der Waals surface area contributed by atoms with Gasteiger partial charge in [-0.15, -0.1) is 0 Å². The van der Waals surface area contributed by atoms with E-state index in [0.717, 1.165) is 21.0 Å². The zero-order chi connectivity index (χ0) is 21.0. The van der Waals surface area contributed by atoms with Crippen molar-refractivity contribution in [1.82, 2.24) is 9.62 Å². The van der Waals surface area contributed by atoms with Crippen LogP contribution in [-0.4, -0.2) is 44.2 Å². The SMILES string of the molecule is Cc1ccc(/C=C/C(=O)Nc2cccc(S(=O)(=O)N3CCNC(=O)C3)c2)c(C)c1. The van der Waals surface area contributed by atoms with Gasteiger partial charge in [-0.25, -0.2) is 8.42 Å². The highest BCUT2D eigenvalue weighted by Gasteiger charge is 2.29. The number of sulfonamides is 1. The Hall–Kier alpha value is -2.97. The first-order valence-corrected chi connectivity index (χ1v) is 10.6. The monoisotopic (exact) mass is 413 g/mol. The maximum atomic E-state index is 12.8. The highest BCUT2D eigenvalue weighted by Crippen LogP contribution is 2.20. The Morgan fingerprint density at radius 3 is 2.69 bits per heavy atom. The van der Waals surface area contributed by atoms with Crippen molar-refractivity contribution in [2.45, 2.75) is 18.7 Å². The molecule has 2 aromatic rings. The van der Waals surface area contributed by atoms with Crippen molar-refractivity contribution < 1.29 is 18.0 Å². The number of hydrogen-bond acceptors (Lipinski definition) is 4. The van der Waals surface area contributed by atoms with Crippen LogP contribution in [0.3, 0.4) is 0 Å². The number of nitrogens with one attached hydrogen (secondary N) is 2. The molecule has 0 bridgehead atoms. The van der Waals surface area contributed by atoms with Crippen molar-refractivity contribution >= 4 is 33.6 Å². The fraction of sp³-hybridized carbons (Fsp3) is 0.238. The van der Waals surface area contributed by atoms with Crippen LogP contribution < -0.4 is 10.6 Å². The minimum absolute atomic E-state index is 0.0309. The van der Waals surface area contributed by atoms with Crippen molar-refractivity contribution in [3.8, 4) is 0 Å². The number of amides is 2. The van der Waals surface area contributed by atoms with Crippen LogP contribution in [0, 0.1) is 13.8 Å². The molecule has 0 aromatic heterocycles. The molecule has 8 heteroatoms. The zero-order valence-electron chi connectivity index (χ0n) is 16.3. The molecule has 1 fully saturated rings. The molecular formula is C21H23N3O4S. The topological polar surface area (TPSA) is 95.6 Å². The van der Waals surface area contributed by atoms with Crippen LogP contribution in [0.1, 0.15) is 16.7 Å². The number of carbonyl (C=O) groups excluding carboxylic acids is 2. The third kappa shape index (κ3) is 5.10. The number of nitrogens with zero attached hydrogens (tertiary/aromatic N) is 1. The Bertz CT molecular complexity index is 1080. The summed E-state index contributed by atoms with van der Waals surface area (Å²) in [7, 11) is -3.82. The van der Waals surface area contributed by atoms with E-state index in [1.807, 2.05) is 32.0 Å². The molecule has 7 nitrogen and oxygen atoms in total. The van der Waals surface area contributed by atoms with Gasteiger partial charge in [0.1, 0.15) is 0 Å². The largest absolute Gasteiger partial charge is 0.354 e. The molecule has 0 spiro atoms. The van der Waals surface area contributed by atoms with Crippen molar-refractivity contribution in [2.24, 2.45) is 0 Å². The van der Waals surface area contributed by atoms with Gasteiger partial charge in [0.05, 0.1) is 11.4 Å². The molecule has 2 N–H and O–H groups in total. The van der Waals surface area contributed by atoms with E-state index in [0.29, 0.717) is 5.69 Å². The molecule has 29 heavy (non-hydrogen) atoms. The van der Waals surface area contributed by atoms with E-state index in [2.05, 4.69) is 10.6 Å². The Kier molecular flexibility index (Phi) is 6.14. The molecule has 1 heterocycles. The molecule has 3 rings (SSSR count). The van der Waals surface area contributed by atoms with E-state index < -0.39 is 10.0 Å². The molecule has 2 aromatic carbocycles.